The summed E-state index contributed by atoms with van der Waals surface area (Å²) in [6, 6.07) is 16.3. The minimum Gasteiger partial charge on any atom is -0.481 e. The van der Waals surface area contributed by atoms with Gasteiger partial charge in [-0.05, 0) is 22.3 Å². The number of alkyl carbamates (subject to hydrolysis) is 1. The maximum Gasteiger partial charge on any atom is 0.407 e. The van der Waals surface area contributed by atoms with Crippen molar-refractivity contribution in [2.24, 2.45) is 5.92 Å². The molecule has 0 saturated heterocycles. The Morgan fingerprint density at radius 2 is 1.65 bits per heavy atom. The van der Waals surface area contributed by atoms with Crippen molar-refractivity contribution >= 4 is 29.7 Å². The Kier molecular flexibility index (Phi) is 7.94. The third kappa shape index (κ3) is 6.01. The molecule has 1 aliphatic rings. The van der Waals surface area contributed by atoms with Crippen LogP contribution in [0.15, 0.2) is 48.5 Å². The van der Waals surface area contributed by atoms with E-state index in [2.05, 4.69) is 34.9 Å². The zero-order valence-electron chi connectivity index (χ0n) is 17.3. The molecule has 2 aromatic rings. The summed E-state index contributed by atoms with van der Waals surface area (Å²) in [6.45, 7) is 2.28. The number of carbonyl (C=O) groups excluding carboxylic acids is 2. The highest BCUT2D eigenvalue weighted by Crippen LogP contribution is 2.44. The molecule has 31 heavy (non-hydrogen) atoms. The molecule has 0 aliphatic heterocycles. The number of hydrogen-bond donors (Lipinski definition) is 3. The monoisotopic (exact) mass is 442 g/mol. The first-order valence-corrected chi connectivity index (χ1v) is 11.3. The van der Waals surface area contributed by atoms with E-state index in [-0.39, 0.29) is 30.7 Å². The smallest absolute Gasteiger partial charge is 0.407 e. The SMILES string of the molecule is CC(CNC(=O)CSCCNC(=O)OCC1c2ccccc2-c2ccccc21)C(=O)O. The number of rotatable bonds is 10. The molecule has 2 aromatic carbocycles. The minimum absolute atomic E-state index is 0.0180. The van der Waals surface area contributed by atoms with Crippen LogP contribution in [0.2, 0.25) is 0 Å². The summed E-state index contributed by atoms with van der Waals surface area (Å²) in [4.78, 5) is 34.5. The predicted molar refractivity (Wildman–Crippen MR) is 120 cm³/mol. The second kappa shape index (κ2) is 10.9. The largest absolute Gasteiger partial charge is 0.481 e. The third-order valence-corrected chi connectivity index (χ3v) is 6.08. The van der Waals surface area contributed by atoms with Crippen molar-refractivity contribution < 1.29 is 24.2 Å². The molecule has 0 bridgehead atoms. The van der Waals surface area contributed by atoms with Crippen LogP contribution in [0.5, 0.6) is 0 Å². The van der Waals surface area contributed by atoms with Crippen LogP contribution in [0, 0.1) is 5.92 Å². The number of fused-ring (bicyclic) bond motifs is 3. The van der Waals surface area contributed by atoms with Gasteiger partial charge >= 0.3 is 12.1 Å². The lowest BCUT2D eigenvalue weighted by Gasteiger charge is -2.14. The zero-order chi connectivity index (χ0) is 22.2. The van der Waals surface area contributed by atoms with Gasteiger partial charge in [-0.15, -0.1) is 0 Å². The molecule has 0 radical (unpaired) electrons. The van der Waals surface area contributed by atoms with Gasteiger partial charge in [0.1, 0.15) is 6.61 Å². The summed E-state index contributed by atoms with van der Waals surface area (Å²) >= 11 is 1.36. The van der Waals surface area contributed by atoms with E-state index in [1.807, 2.05) is 24.3 Å². The fraction of sp³-hybridized carbons (Fsp3) is 0.348. The molecule has 2 amide bonds. The van der Waals surface area contributed by atoms with Gasteiger partial charge in [-0.25, -0.2) is 4.79 Å². The molecule has 0 heterocycles. The first-order valence-electron chi connectivity index (χ1n) is 10.1. The van der Waals surface area contributed by atoms with Crippen LogP contribution in [0.3, 0.4) is 0 Å². The predicted octanol–water partition coefficient (Wildman–Crippen LogP) is 3.10. The van der Waals surface area contributed by atoms with E-state index in [1.54, 1.807) is 0 Å². The van der Waals surface area contributed by atoms with E-state index in [4.69, 9.17) is 9.84 Å². The normalized spacial score (nSPS) is 13.1. The molecule has 3 N–H and O–H groups in total. The topological polar surface area (TPSA) is 105 Å². The molecule has 0 spiro atoms. The van der Waals surface area contributed by atoms with E-state index in [9.17, 15) is 14.4 Å². The second-order valence-corrected chi connectivity index (χ2v) is 8.45. The summed E-state index contributed by atoms with van der Waals surface area (Å²) in [5, 5.41) is 14.1. The maximum absolute atomic E-state index is 12.1. The number of ether oxygens (including phenoxy) is 1. The number of aliphatic carboxylic acids is 1. The van der Waals surface area contributed by atoms with Crippen molar-refractivity contribution in [1.29, 1.82) is 0 Å². The van der Waals surface area contributed by atoms with Gasteiger partial charge < -0.3 is 20.5 Å². The standard InChI is InChI=1S/C23H26N2O5S/c1-15(22(27)28)12-25-21(26)14-31-11-10-24-23(29)30-13-20-18-8-4-2-6-16(18)17-7-3-5-9-19(17)20/h2-9,15,20H,10-14H2,1H3,(H,24,29)(H,25,26)(H,27,28). The van der Waals surface area contributed by atoms with Crippen LogP contribution in [-0.2, 0) is 14.3 Å². The zero-order valence-corrected chi connectivity index (χ0v) is 18.1. The molecule has 0 saturated carbocycles. The fourth-order valence-corrected chi connectivity index (χ4v) is 4.12. The Morgan fingerprint density at radius 1 is 1.03 bits per heavy atom. The number of carboxylic acids is 1. The van der Waals surface area contributed by atoms with Crippen LogP contribution in [0.4, 0.5) is 4.79 Å². The van der Waals surface area contributed by atoms with Crippen molar-refractivity contribution in [2.45, 2.75) is 12.8 Å². The highest BCUT2D eigenvalue weighted by molar-refractivity contribution is 7.99. The van der Waals surface area contributed by atoms with Crippen LogP contribution in [0.1, 0.15) is 24.0 Å². The second-order valence-electron chi connectivity index (χ2n) is 7.35. The molecule has 8 heteroatoms. The van der Waals surface area contributed by atoms with Crippen LogP contribution < -0.4 is 10.6 Å². The number of carboxylic acid groups (broad SMARTS) is 1. The number of hydrogen-bond acceptors (Lipinski definition) is 5. The number of benzene rings is 2. The van der Waals surface area contributed by atoms with Gasteiger partial charge in [0.25, 0.3) is 0 Å². The van der Waals surface area contributed by atoms with E-state index in [1.165, 1.54) is 29.8 Å². The van der Waals surface area contributed by atoms with Gasteiger partial charge in [0, 0.05) is 24.8 Å². The van der Waals surface area contributed by atoms with Crippen molar-refractivity contribution in [3.05, 3.63) is 59.7 Å². The number of amides is 2. The summed E-state index contributed by atoms with van der Waals surface area (Å²) in [5.74, 6) is -1.02. The maximum atomic E-state index is 12.1. The first kappa shape index (κ1) is 22.7. The number of thioether (sulfide) groups is 1. The summed E-state index contributed by atoms with van der Waals surface area (Å²) in [5.41, 5.74) is 4.68. The molecule has 1 atom stereocenters. The Morgan fingerprint density at radius 3 is 2.26 bits per heavy atom. The summed E-state index contributed by atoms with van der Waals surface area (Å²) in [7, 11) is 0. The van der Waals surface area contributed by atoms with Crippen molar-refractivity contribution in [3.8, 4) is 11.1 Å². The lowest BCUT2D eigenvalue weighted by molar-refractivity contribution is -0.141. The average Bonchev–Trinajstić information content (AvgIpc) is 3.09. The van der Waals surface area contributed by atoms with Gasteiger partial charge in [0.2, 0.25) is 5.91 Å². The molecule has 0 fully saturated rings. The highest BCUT2D eigenvalue weighted by Gasteiger charge is 2.28. The number of nitrogens with one attached hydrogen (secondary N) is 2. The van der Waals surface area contributed by atoms with Crippen molar-refractivity contribution in [1.82, 2.24) is 10.6 Å². The third-order valence-electron chi connectivity index (χ3n) is 5.12. The van der Waals surface area contributed by atoms with E-state index < -0.39 is 18.0 Å². The van der Waals surface area contributed by atoms with Gasteiger partial charge in [0.15, 0.2) is 0 Å². The lowest BCUT2D eigenvalue weighted by atomic mass is 9.98. The molecule has 1 aliphatic carbocycles. The lowest BCUT2D eigenvalue weighted by Crippen LogP contribution is -2.33. The quantitative estimate of drug-likeness (QED) is 0.489. The van der Waals surface area contributed by atoms with Crippen LogP contribution >= 0.6 is 11.8 Å². The summed E-state index contributed by atoms with van der Waals surface area (Å²) in [6.07, 6.45) is -0.484. The fourth-order valence-electron chi connectivity index (χ4n) is 3.44. The van der Waals surface area contributed by atoms with Crippen LogP contribution in [0.25, 0.3) is 11.1 Å². The Labute approximate surface area is 185 Å². The molecule has 3 rings (SSSR count). The Balaban J connectivity index is 1.36. The van der Waals surface area contributed by atoms with Gasteiger partial charge in [-0.3, -0.25) is 9.59 Å². The van der Waals surface area contributed by atoms with E-state index >= 15 is 0 Å². The molecule has 1 unspecified atom stereocenters. The van der Waals surface area contributed by atoms with Crippen molar-refractivity contribution in [3.63, 3.8) is 0 Å². The van der Waals surface area contributed by atoms with Gasteiger partial charge in [-0.1, -0.05) is 55.5 Å². The van der Waals surface area contributed by atoms with Gasteiger partial charge in [-0.2, -0.15) is 11.8 Å². The Hall–Kier alpha value is -3.00. The average molecular weight is 443 g/mol. The van der Waals surface area contributed by atoms with Gasteiger partial charge in [0.05, 0.1) is 11.7 Å². The number of carbonyl (C=O) groups is 3. The minimum atomic E-state index is -0.944. The molecule has 0 aromatic heterocycles. The van der Waals surface area contributed by atoms with E-state index in [0.717, 1.165) is 11.1 Å². The molecule has 7 nitrogen and oxygen atoms in total. The van der Waals surface area contributed by atoms with Crippen LogP contribution in [-0.4, -0.2) is 54.3 Å². The highest BCUT2D eigenvalue weighted by atomic mass is 32.2. The van der Waals surface area contributed by atoms with Crippen molar-refractivity contribution in [2.75, 3.05) is 31.2 Å². The first-order chi connectivity index (χ1) is 15.0. The molecular weight excluding hydrogens is 416 g/mol. The van der Waals surface area contributed by atoms with E-state index in [0.29, 0.717) is 12.3 Å². The molecular formula is C23H26N2O5S. The Bertz CT molecular complexity index is 904. The molecule has 164 valence electrons. The summed E-state index contributed by atoms with van der Waals surface area (Å²) < 4.78 is 5.46.